The second-order valence-corrected chi connectivity index (χ2v) is 6.58. The molecule has 1 amide bonds. The minimum Gasteiger partial charge on any atom is -0.397 e. The molecule has 1 aromatic carbocycles. The highest BCUT2D eigenvalue weighted by Gasteiger charge is 2.17. The zero-order valence-electron chi connectivity index (χ0n) is 10.4. The summed E-state index contributed by atoms with van der Waals surface area (Å²) in [6.07, 6.45) is 0. The van der Waals surface area contributed by atoms with Crippen molar-refractivity contribution in [2.24, 2.45) is 0 Å². The molecule has 4 nitrogen and oxygen atoms in total. The summed E-state index contributed by atoms with van der Waals surface area (Å²) in [6, 6.07) is 5.40. The van der Waals surface area contributed by atoms with E-state index in [4.69, 9.17) is 17.3 Å². The molecule has 0 unspecified atom stereocenters. The van der Waals surface area contributed by atoms with E-state index in [1.807, 2.05) is 24.4 Å². The van der Waals surface area contributed by atoms with Crippen LogP contribution in [-0.4, -0.2) is 10.9 Å². The van der Waals surface area contributed by atoms with Crippen LogP contribution in [0.5, 0.6) is 0 Å². The molecule has 20 heavy (non-hydrogen) atoms. The average molecular weight is 324 g/mol. The maximum absolute atomic E-state index is 12.3. The lowest BCUT2D eigenvalue weighted by atomic mass is 10.2. The molecule has 0 saturated carbocycles. The van der Waals surface area contributed by atoms with Crippen molar-refractivity contribution in [3.63, 3.8) is 0 Å². The first-order valence-corrected chi connectivity index (χ1v) is 7.83. The normalized spacial score (nSPS) is 10.9. The Morgan fingerprint density at radius 3 is 2.95 bits per heavy atom. The summed E-state index contributed by atoms with van der Waals surface area (Å²) >= 11 is 8.66. The summed E-state index contributed by atoms with van der Waals surface area (Å²) in [5.74, 6) is -0.242. The number of nitrogens with two attached hydrogens (primary N) is 1. The molecule has 3 aromatic rings. The van der Waals surface area contributed by atoms with Gasteiger partial charge >= 0.3 is 0 Å². The lowest BCUT2D eigenvalue weighted by molar-refractivity contribution is 0.103. The Bertz CT molecular complexity index is 809. The van der Waals surface area contributed by atoms with Crippen molar-refractivity contribution in [3.8, 4) is 0 Å². The molecule has 7 heteroatoms. The van der Waals surface area contributed by atoms with Crippen molar-refractivity contribution in [1.82, 2.24) is 4.98 Å². The Labute approximate surface area is 128 Å². The molecule has 3 rings (SSSR count). The molecule has 0 fully saturated rings. The van der Waals surface area contributed by atoms with E-state index in [0.29, 0.717) is 20.7 Å². The molecule has 3 N–H and O–H groups in total. The number of fused-ring (bicyclic) bond motifs is 1. The number of aryl methyl sites for hydroxylation is 1. The molecular formula is C13H10ClN3OS2. The molecule has 2 aromatic heterocycles. The van der Waals surface area contributed by atoms with Gasteiger partial charge < -0.3 is 5.73 Å². The van der Waals surface area contributed by atoms with E-state index >= 15 is 0 Å². The predicted molar refractivity (Wildman–Crippen MR) is 86.1 cm³/mol. The largest absolute Gasteiger partial charge is 0.397 e. The Kier molecular flexibility index (Phi) is 3.37. The van der Waals surface area contributed by atoms with E-state index < -0.39 is 0 Å². The number of thiazole rings is 1. The van der Waals surface area contributed by atoms with Crippen LogP contribution in [0.4, 0.5) is 10.8 Å². The third-order valence-corrected chi connectivity index (χ3v) is 5.01. The summed E-state index contributed by atoms with van der Waals surface area (Å²) in [7, 11) is 0. The Morgan fingerprint density at radius 1 is 1.45 bits per heavy atom. The topological polar surface area (TPSA) is 68.0 Å². The number of halogens is 1. The smallest absolute Gasteiger partial charge is 0.269 e. The number of hydrogen-bond acceptors (Lipinski definition) is 5. The van der Waals surface area contributed by atoms with E-state index in [1.165, 1.54) is 22.7 Å². The minimum atomic E-state index is -0.242. The second kappa shape index (κ2) is 5.05. The number of nitrogens with zero attached hydrogens (tertiary/aromatic N) is 1. The van der Waals surface area contributed by atoms with Gasteiger partial charge in [0.15, 0.2) is 5.13 Å². The van der Waals surface area contributed by atoms with E-state index in [-0.39, 0.29) is 5.91 Å². The van der Waals surface area contributed by atoms with Gasteiger partial charge in [-0.25, -0.2) is 4.98 Å². The molecule has 0 atom stereocenters. The van der Waals surface area contributed by atoms with Gasteiger partial charge in [0.2, 0.25) is 0 Å². The van der Waals surface area contributed by atoms with Crippen LogP contribution in [0.15, 0.2) is 23.6 Å². The highest BCUT2D eigenvalue weighted by Crippen LogP contribution is 2.35. The van der Waals surface area contributed by atoms with Gasteiger partial charge in [0, 0.05) is 20.5 Å². The van der Waals surface area contributed by atoms with Crippen LogP contribution in [-0.2, 0) is 0 Å². The first kappa shape index (κ1) is 13.4. The number of hydrogen-bond donors (Lipinski definition) is 2. The summed E-state index contributed by atoms with van der Waals surface area (Å²) in [6.45, 7) is 1.88. The molecule has 0 saturated heterocycles. The molecule has 2 heterocycles. The van der Waals surface area contributed by atoms with E-state index in [9.17, 15) is 4.79 Å². The second-order valence-electron chi connectivity index (χ2n) is 4.23. The van der Waals surface area contributed by atoms with Crippen molar-refractivity contribution in [3.05, 3.63) is 39.2 Å². The maximum Gasteiger partial charge on any atom is 0.269 e. The van der Waals surface area contributed by atoms with Crippen LogP contribution >= 0.6 is 34.3 Å². The number of carbonyl (C=O) groups is 1. The van der Waals surface area contributed by atoms with Crippen LogP contribution in [0.25, 0.3) is 10.1 Å². The third kappa shape index (κ3) is 2.37. The fraction of sp³-hybridized carbons (Fsp3) is 0.0769. The molecule has 0 bridgehead atoms. The first-order valence-electron chi connectivity index (χ1n) is 5.75. The molecular weight excluding hydrogens is 314 g/mol. The van der Waals surface area contributed by atoms with Gasteiger partial charge in [-0.15, -0.1) is 22.7 Å². The number of benzene rings is 1. The Hall–Kier alpha value is -1.63. The summed E-state index contributed by atoms with van der Waals surface area (Å²) in [5.41, 5.74) is 7.39. The lowest BCUT2D eigenvalue weighted by Gasteiger charge is -1.99. The fourth-order valence-electron chi connectivity index (χ4n) is 1.82. The SMILES string of the molecule is Cc1csc(NC(=O)c2sc3cc(Cl)ccc3c2N)n1. The van der Waals surface area contributed by atoms with Crippen molar-refractivity contribution in [2.45, 2.75) is 6.92 Å². The van der Waals surface area contributed by atoms with Crippen LogP contribution in [0, 0.1) is 6.92 Å². The van der Waals surface area contributed by atoms with Crippen LogP contribution in [0.2, 0.25) is 5.02 Å². The van der Waals surface area contributed by atoms with Gasteiger partial charge in [0.25, 0.3) is 5.91 Å². The highest BCUT2D eigenvalue weighted by molar-refractivity contribution is 7.22. The number of aromatic nitrogens is 1. The number of anilines is 2. The average Bonchev–Trinajstić information content (AvgIpc) is 2.94. The first-order chi connectivity index (χ1) is 9.54. The maximum atomic E-state index is 12.3. The van der Waals surface area contributed by atoms with Crippen molar-refractivity contribution < 1.29 is 4.79 Å². The zero-order valence-corrected chi connectivity index (χ0v) is 12.8. The van der Waals surface area contributed by atoms with E-state index in [0.717, 1.165) is 15.8 Å². The molecule has 0 aliphatic rings. The highest BCUT2D eigenvalue weighted by atomic mass is 35.5. The van der Waals surface area contributed by atoms with Crippen LogP contribution in [0.3, 0.4) is 0 Å². The molecule has 0 spiro atoms. The van der Waals surface area contributed by atoms with Gasteiger partial charge in [-0.05, 0) is 25.1 Å². The number of rotatable bonds is 2. The molecule has 0 aliphatic carbocycles. The minimum absolute atomic E-state index is 0.242. The number of amides is 1. The summed E-state index contributed by atoms with van der Waals surface area (Å²) in [4.78, 5) is 16.9. The number of nitrogen functional groups attached to an aromatic ring is 1. The van der Waals surface area contributed by atoms with Crippen molar-refractivity contribution in [2.75, 3.05) is 11.1 Å². The van der Waals surface area contributed by atoms with Gasteiger partial charge in [-0.3, -0.25) is 10.1 Å². The van der Waals surface area contributed by atoms with Gasteiger partial charge in [-0.1, -0.05) is 11.6 Å². The number of nitrogens with one attached hydrogen (secondary N) is 1. The van der Waals surface area contributed by atoms with Crippen LogP contribution in [0.1, 0.15) is 15.4 Å². The summed E-state index contributed by atoms with van der Waals surface area (Å²) in [5, 5.41) is 6.68. The van der Waals surface area contributed by atoms with Crippen LogP contribution < -0.4 is 11.1 Å². The third-order valence-electron chi connectivity index (χ3n) is 2.74. The van der Waals surface area contributed by atoms with Gasteiger partial charge in [0.1, 0.15) is 4.88 Å². The van der Waals surface area contributed by atoms with E-state index in [2.05, 4.69) is 10.3 Å². The molecule has 102 valence electrons. The Morgan fingerprint density at radius 2 is 2.25 bits per heavy atom. The van der Waals surface area contributed by atoms with Gasteiger partial charge in [0.05, 0.1) is 11.4 Å². The lowest BCUT2D eigenvalue weighted by Crippen LogP contribution is -2.11. The van der Waals surface area contributed by atoms with Gasteiger partial charge in [-0.2, -0.15) is 0 Å². The van der Waals surface area contributed by atoms with Crippen molar-refractivity contribution >= 4 is 61.1 Å². The van der Waals surface area contributed by atoms with E-state index in [1.54, 1.807) is 6.07 Å². The monoisotopic (exact) mass is 323 g/mol. The summed E-state index contributed by atoms with van der Waals surface area (Å²) < 4.78 is 0.899. The number of thiophene rings is 1. The quantitative estimate of drug-likeness (QED) is 0.744. The zero-order chi connectivity index (χ0) is 14.3. The Balaban J connectivity index is 1.97. The fourth-order valence-corrected chi connectivity index (χ4v) is 3.80. The van der Waals surface area contributed by atoms with Crippen molar-refractivity contribution in [1.29, 1.82) is 0 Å². The molecule has 0 radical (unpaired) electrons. The standard InChI is InChI=1S/C13H10ClN3OS2/c1-6-5-19-13(16-6)17-12(18)11-10(15)8-3-2-7(14)4-9(8)20-11/h2-5H,15H2,1H3,(H,16,17,18). The molecule has 0 aliphatic heterocycles. The number of carbonyl (C=O) groups excluding carboxylic acids is 1. The predicted octanol–water partition coefficient (Wildman–Crippen LogP) is 4.15.